The smallest absolute Gasteiger partial charge is 0.202 e. The molecule has 0 fully saturated rings. The molecule has 5 nitrogen and oxygen atoms in total. The highest BCUT2D eigenvalue weighted by molar-refractivity contribution is 6.70. The van der Waals surface area contributed by atoms with E-state index >= 15 is 0 Å². The standard InChI is InChI=1S/C74H53BN2O3/c1-40-33-41(2)67(42(3)34-40)43-35-57(71-66(36-43)78-65-30-23-44(74(4,5)6)37-58(65)75-71)68-53-28-26-51-55-38-45(76-59-19-11-7-15-47(59)48-16-8-12-20-60(48)76)24-31-63(55)79-72(51)69(53)70-54(68)29-27-52-56-39-46(25-32-64(56)80-73(52)70)77-61-21-13-9-17-49(61)50-18-10-14-22-62(50)77/h7-39,68,75H,1-6H3. The van der Waals surface area contributed by atoms with Crippen LogP contribution in [0.25, 0.3) is 121 Å². The van der Waals surface area contributed by atoms with Crippen molar-refractivity contribution in [1.82, 2.24) is 9.13 Å². The minimum atomic E-state index is -0.174. The molecule has 0 saturated heterocycles. The van der Waals surface area contributed by atoms with Crippen LogP contribution in [-0.2, 0) is 5.41 Å². The summed E-state index contributed by atoms with van der Waals surface area (Å²) in [5, 5.41) is 9.24. The molecule has 17 rings (SSSR count). The van der Waals surface area contributed by atoms with Gasteiger partial charge in [-0.25, -0.2) is 0 Å². The summed E-state index contributed by atoms with van der Waals surface area (Å²) >= 11 is 0. The van der Waals surface area contributed by atoms with Gasteiger partial charge in [0.1, 0.15) is 33.8 Å². The number of hydrogen-bond donors (Lipinski definition) is 0. The summed E-state index contributed by atoms with van der Waals surface area (Å²) in [5.41, 5.74) is 26.0. The lowest BCUT2D eigenvalue weighted by Gasteiger charge is -2.29. The Bertz CT molecular complexity index is 4860. The number of aryl methyl sites for hydroxylation is 3. The zero-order valence-corrected chi connectivity index (χ0v) is 45.5. The van der Waals surface area contributed by atoms with E-state index in [1.165, 1.54) is 99.0 Å². The summed E-state index contributed by atoms with van der Waals surface area (Å²) in [7, 11) is 0.744. The van der Waals surface area contributed by atoms with E-state index in [-0.39, 0.29) is 11.3 Å². The van der Waals surface area contributed by atoms with E-state index in [2.05, 4.69) is 251 Å². The molecular formula is C74H53BN2O3. The average molecular weight is 1030 g/mol. The Labute approximate surface area is 463 Å². The van der Waals surface area contributed by atoms with Crippen molar-refractivity contribution >= 4 is 106 Å². The van der Waals surface area contributed by atoms with Crippen LogP contribution < -0.4 is 15.7 Å². The van der Waals surface area contributed by atoms with Crippen LogP contribution in [0.2, 0.25) is 0 Å². The maximum atomic E-state index is 7.32. The fraction of sp³-hybridized carbons (Fsp3) is 0.108. The number of hydrogen-bond acceptors (Lipinski definition) is 3. The second kappa shape index (κ2) is 16.3. The molecule has 5 heterocycles. The molecule has 11 aromatic carbocycles. The van der Waals surface area contributed by atoms with Gasteiger partial charge < -0.3 is 22.7 Å². The van der Waals surface area contributed by atoms with Gasteiger partial charge in [0.25, 0.3) is 0 Å². The summed E-state index contributed by atoms with van der Waals surface area (Å²) in [5.74, 6) is 1.66. The number of benzene rings is 11. The minimum Gasteiger partial charge on any atom is -0.458 e. The monoisotopic (exact) mass is 1030 g/mol. The van der Waals surface area contributed by atoms with Crippen LogP contribution in [0.4, 0.5) is 0 Å². The molecule has 1 aliphatic carbocycles. The van der Waals surface area contributed by atoms with Gasteiger partial charge in [-0.1, -0.05) is 154 Å². The Balaban J connectivity index is 0.938. The number of aromatic nitrogens is 2. The third kappa shape index (κ3) is 6.36. The molecule has 0 unspecified atom stereocenters. The van der Waals surface area contributed by atoms with Gasteiger partial charge in [-0.2, -0.15) is 0 Å². The van der Waals surface area contributed by atoms with E-state index in [1.807, 2.05) is 0 Å². The lowest BCUT2D eigenvalue weighted by Crippen LogP contribution is -2.37. The Kier molecular flexibility index (Phi) is 9.26. The van der Waals surface area contributed by atoms with Gasteiger partial charge in [-0.05, 0) is 154 Å². The molecular weight excluding hydrogens is 976 g/mol. The van der Waals surface area contributed by atoms with Crippen LogP contribution >= 0.6 is 0 Å². The van der Waals surface area contributed by atoms with Crippen molar-refractivity contribution in [2.24, 2.45) is 0 Å². The molecule has 0 spiro atoms. The van der Waals surface area contributed by atoms with E-state index in [0.29, 0.717) is 0 Å². The maximum absolute atomic E-state index is 7.32. The highest BCUT2D eigenvalue weighted by atomic mass is 16.5. The fourth-order valence-electron chi connectivity index (χ4n) is 14.4. The minimum absolute atomic E-state index is 0.0177. The molecule has 0 saturated carbocycles. The number of ether oxygens (including phenoxy) is 1. The van der Waals surface area contributed by atoms with Gasteiger partial charge in [0.2, 0.25) is 7.28 Å². The number of furan rings is 2. The lowest BCUT2D eigenvalue weighted by atomic mass is 9.58. The fourth-order valence-corrected chi connectivity index (χ4v) is 14.4. The highest BCUT2D eigenvalue weighted by Gasteiger charge is 2.39. The van der Waals surface area contributed by atoms with Gasteiger partial charge >= 0.3 is 0 Å². The topological polar surface area (TPSA) is 45.4 Å². The predicted octanol–water partition coefficient (Wildman–Crippen LogP) is 18.2. The highest BCUT2D eigenvalue weighted by Crippen LogP contribution is 2.56. The zero-order chi connectivity index (χ0) is 53.4. The van der Waals surface area contributed by atoms with Crippen LogP contribution in [0.5, 0.6) is 11.5 Å². The van der Waals surface area contributed by atoms with E-state index in [0.717, 1.165) is 90.7 Å². The zero-order valence-electron chi connectivity index (χ0n) is 45.5. The first kappa shape index (κ1) is 45.5. The first-order valence-electron chi connectivity index (χ1n) is 28.0. The summed E-state index contributed by atoms with van der Waals surface area (Å²) in [6.07, 6.45) is 0. The average Bonchev–Trinajstić information content (AvgIpc) is 4.35. The molecule has 0 bridgehead atoms. The number of rotatable bonds is 4. The molecule has 0 radical (unpaired) electrons. The van der Waals surface area contributed by atoms with Crippen molar-refractivity contribution < 1.29 is 13.6 Å². The third-order valence-electron chi connectivity index (χ3n) is 17.9. The van der Waals surface area contributed by atoms with Crippen LogP contribution in [0.3, 0.4) is 0 Å². The van der Waals surface area contributed by atoms with Gasteiger partial charge in [-0.15, -0.1) is 0 Å². The van der Waals surface area contributed by atoms with E-state index in [9.17, 15) is 0 Å². The molecule has 80 heavy (non-hydrogen) atoms. The lowest BCUT2D eigenvalue weighted by molar-refractivity contribution is 0.486. The molecule has 0 amide bonds. The second-order valence-electron chi connectivity index (χ2n) is 23.7. The SMILES string of the molecule is Cc1cc(C)c(-c2cc3c(c(C4c5ccc6c(oc7ccc(-n8c9ccccc9c9ccccc98)cc76)c5-c5c4ccc4c5oc5ccc(-n6c7ccccc7c7ccccc76)cc54)c2)Bc2cc(C(C)(C)C)ccc2O3)c(C)c1. The molecule has 1 aliphatic heterocycles. The quantitative estimate of drug-likeness (QED) is 0.165. The van der Waals surface area contributed by atoms with Crippen molar-refractivity contribution in [3.05, 3.63) is 239 Å². The molecule has 380 valence electrons. The maximum Gasteiger partial charge on any atom is 0.202 e. The third-order valence-corrected chi connectivity index (χ3v) is 17.9. The summed E-state index contributed by atoms with van der Waals surface area (Å²) in [4.78, 5) is 0. The summed E-state index contributed by atoms with van der Waals surface area (Å²) < 4.78 is 26.6. The molecule has 0 N–H and O–H groups in total. The van der Waals surface area contributed by atoms with E-state index in [1.54, 1.807) is 0 Å². The van der Waals surface area contributed by atoms with Gasteiger partial charge in [0, 0.05) is 71.5 Å². The van der Waals surface area contributed by atoms with Crippen molar-refractivity contribution in [2.45, 2.75) is 52.9 Å². The van der Waals surface area contributed by atoms with Crippen LogP contribution in [0.15, 0.2) is 209 Å². The normalized spacial score (nSPS) is 13.3. The largest absolute Gasteiger partial charge is 0.458 e. The summed E-state index contributed by atoms with van der Waals surface area (Å²) in [6.45, 7) is 13.5. The predicted molar refractivity (Wildman–Crippen MR) is 334 cm³/mol. The Hall–Kier alpha value is -9.52. The first-order chi connectivity index (χ1) is 39.0. The van der Waals surface area contributed by atoms with Crippen LogP contribution in [-0.4, -0.2) is 16.4 Å². The van der Waals surface area contributed by atoms with Gasteiger partial charge in [0.05, 0.1) is 22.1 Å². The first-order valence-corrected chi connectivity index (χ1v) is 28.0. The number of para-hydroxylation sites is 4. The van der Waals surface area contributed by atoms with Crippen molar-refractivity contribution in [2.75, 3.05) is 0 Å². The Morgan fingerprint density at radius 1 is 0.412 bits per heavy atom. The molecule has 15 aromatic rings. The van der Waals surface area contributed by atoms with Crippen LogP contribution in [0, 0.1) is 20.8 Å². The molecule has 0 atom stereocenters. The van der Waals surface area contributed by atoms with Gasteiger partial charge in [-0.3, -0.25) is 0 Å². The van der Waals surface area contributed by atoms with Gasteiger partial charge in [0.15, 0.2) is 0 Å². The molecule has 6 heteroatoms. The second-order valence-corrected chi connectivity index (χ2v) is 23.7. The molecule has 2 aliphatic rings. The van der Waals surface area contributed by atoms with E-state index in [4.69, 9.17) is 13.6 Å². The van der Waals surface area contributed by atoms with E-state index < -0.39 is 0 Å². The molecule has 4 aromatic heterocycles. The van der Waals surface area contributed by atoms with Crippen LogP contribution in [0.1, 0.15) is 65.6 Å². The number of nitrogens with zero attached hydrogens (tertiary/aromatic N) is 2. The number of fused-ring (bicyclic) bond motifs is 19. The van der Waals surface area contributed by atoms with Crippen molar-refractivity contribution in [1.29, 1.82) is 0 Å². The Morgan fingerprint density at radius 2 is 0.900 bits per heavy atom. The van der Waals surface area contributed by atoms with Crippen molar-refractivity contribution in [3.8, 4) is 45.1 Å². The Morgan fingerprint density at radius 3 is 1.39 bits per heavy atom. The summed E-state index contributed by atoms with van der Waals surface area (Å²) in [6, 6.07) is 73.9. The van der Waals surface area contributed by atoms with Crippen molar-refractivity contribution in [3.63, 3.8) is 0 Å².